The predicted molar refractivity (Wildman–Crippen MR) is 63.6 cm³/mol. The van der Waals surface area contributed by atoms with Crippen LogP contribution in [0.4, 0.5) is 0 Å². The summed E-state index contributed by atoms with van der Waals surface area (Å²) in [5.74, 6) is 0.193. The Morgan fingerprint density at radius 3 is 2.29 bits per heavy atom. The molecule has 1 N–H and O–H groups in total. The monoisotopic (exact) mass is 223 g/mol. The second kappa shape index (κ2) is 4.50. The Kier molecular flexibility index (Phi) is 2.89. The summed E-state index contributed by atoms with van der Waals surface area (Å²) in [4.78, 5) is 10.8. The van der Waals surface area contributed by atoms with Gasteiger partial charge in [0, 0.05) is 5.56 Å². The van der Waals surface area contributed by atoms with Crippen LogP contribution in [0.15, 0.2) is 42.5 Å². The Morgan fingerprint density at radius 1 is 1.06 bits per heavy atom. The number of aromatic hydroxyl groups is 1. The van der Waals surface area contributed by atoms with Gasteiger partial charge in [0.2, 0.25) is 0 Å². The van der Waals surface area contributed by atoms with E-state index in [0.29, 0.717) is 17.4 Å². The van der Waals surface area contributed by atoms with Crippen molar-refractivity contribution in [3.05, 3.63) is 53.6 Å². The van der Waals surface area contributed by atoms with Crippen molar-refractivity contribution in [1.82, 2.24) is 0 Å². The molecule has 0 radical (unpaired) electrons. The summed E-state index contributed by atoms with van der Waals surface area (Å²) in [5, 5.41) is 18.0. The van der Waals surface area contributed by atoms with Gasteiger partial charge >= 0.3 is 0 Å². The molecule has 0 fully saturated rings. The van der Waals surface area contributed by atoms with Gasteiger partial charge in [0.1, 0.15) is 5.75 Å². The van der Waals surface area contributed by atoms with Gasteiger partial charge in [0.25, 0.3) is 0 Å². The Hall–Kier alpha value is -2.60. The van der Waals surface area contributed by atoms with E-state index in [2.05, 4.69) is 0 Å². The van der Waals surface area contributed by atoms with E-state index in [9.17, 15) is 9.90 Å². The summed E-state index contributed by atoms with van der Waals surface area (Å²) in [6, 6.07) is 13.7. The maximum absolute atomic E-state index is 10.8. The molecule has 3 heteroatoms. The summed E-state index contributed by atoms with van der Waals surface area (Å²) in [6.45, 7) is 0. The molecule has 0 aromatic heterocycles. The summed E-state index contributed by atoms with van der Waals surface area (Å²) < 4.78 is 0. The highest BCUT2D eigenvalue weighted by atomic mass is 16.3. The summed E-state index contributed by atoms with van der Waals surface area (Å²) >= 11 is 0. The van der Waals surface area contributed by atoms with Crippen LogP contribution in [0.5, 0.6) is 5.75 Å². The summed E-state index contributed by atoms with van der Waals surface area (Å²) in [6.07, 6.45) is 0.669. The molecule has 82 valence electrons. The lowest BCUT2D eigenvalue weighted by Crippen LogP contribution is -1.88. The van der Waals surface area contributed by atoms with E-state index in [4.69, 9.17) is 5.26 Å². The largest absolute Gasteiger partial charge is 0.508 e. The van der Waals surface area contributed by atoms with Gasteiger partial charge in [-0.25, -0.2) is 0 Å². The SMILES string of the molecule is N#Cc1ccc(-c2ccc(O)cc2)cc1C=O. The zero-order valence-corrected chi connectivity index (χ0v) is 8.92. The molecule has 0 spiro atoms. The number of phenols is 1. The molecule has 0 saturated heterocycles. The highest BCUT2D eigenvalue weighted by Gasteiger charge is 2.04. The highest BCUT2D eigenvalue weighted by Crippen LogP contribution is 2.23. The van der Waals surface area contributed by atoms with Crippen molar-refractivity contribution in [3.63, 3.8) is 0 Å². The van der Waals surface area contributed by atoms with Crippen molar-refractivity contribution in [1.29, 1.82) is 5.26 Å². The topological polar surface area (TPSA) is 61.1 Å². The quantitative estimate of drug-likeness (QED) is 0.796. The normalized spacial score (nSPS) is 9.59. The van der Waals surface area contributed by atoms with Crippen LogP contribution in [-0.2, 0) is 0 Å². The highest BCUT2D eigenvalue weighted by molar-refractivity contribution is 5.82. The van der Waals surface area contributed by atoms with Crippen LogP contribution in [0.3, 0.4) is 0 Å². The average molecular weight is 223 g/mol. The van der Waals surface area contributed by atoms with E-state index in [1.807, 2.05) is 6.07 Å². The maximum atomic E-state index is 10.8. The van der Waals surface area contributed by atoms with Gasteiger partial charge < -0.3 is 5.11 Å². The van der Waals surface area contributed by atoms with E-state index in [0.717, 1.165) is 11.1 Å². The minimum atomic E-state index is 0.193. The fraction of sp³-hybridized carbons (Fsp3) is 0. The summed E-state index contributed by atoms with van der Waals surface area (Å²) in [5.41, 5.74) is 2.46. The van der Waals surface area contributed by atoms with Gasteiger partial charge in [-0.05, 0) is 35.4 Å². The second-order valence-corrected chi connectivity index (χ2v) is 3.58. The Labute approximate surface area is 98.6 Å². The van der Waals surface area contributed by atoms with Crippen LogP contribution in [0.1, 0.15) is 15.9 Å². The molecule has 0 unspecified atom stereocenters. The molecule has 0 saturated carbocycles. The molecule has 0 bridgehead atoms. The lowest BCUT2D eigenvalue weighted by molar-refractivity contribution is 0.112. The number of aldehydes is 1. The third-order valence-corrected chi connectivity index (χ3v) is 2.50. The fourth-order valence-electron chi connectivity index (χ4n) is 1.60. The van der Waals surface area contributed by atoms with Crippen molar-refractivity contribution in [2.75, 3.05) is 0 Å². The lowest BCUT2D eigenvalue weighted by atomic mass is 10.0. The molecule has 0 aliphatic carbocycles. The van der Waals surface area contributed by atoms with E-state index in [-0.39, 0.29) is 5.75 Å². The molecule has 0 aliphatic heterocycles. The minimum Gasteiger partial charge on any atom is -0.508 e. The standard InChI is InChI=1S/C14H9NO2/c15-8-12-2-1-11(7-13(12)9-16)10-3-5-14(17)6-4-10/h1-7,9,17H. The first-order valence-electron chi connectivity index (χ1n) is 5.03. The molecular formula is C14H9NO2. The second-order valence-electron chi connectivity index (χ2n) is 3.58. The molecule has 3 nitrogen and oxygen atoms in total. The van der Waals surface area contributed by atoms with Gasteiger partial charge in [-0.15, -0.1) is 0 Å². The smallest absolute Gasteiger partial charge is 0.151 e. The van der Waals surface area contributed by atoms with Crippen LogP contribution >= 0.6 is 0 Å². The van der Waals surface area contributed by atoms with Gasteiger partial charge in [0.15, 0.2) is 6.29 Å². The third kappa shape index (κ3) is 2.16. The Morgan fingerprint density at radius 2 is 1.71 bits per heavy atom. The van der Waals surface area contributed by atoms with Crippen LogP contribution in [0, 0.1) is 11.3 Å². The van der Waals surface area contributed by atoms with Gasteiger partial charge in [-0.3, -0.25) is 4.79 Å². The number of phenolic OH excluding ortho intramolecular Hbond substituents is 1. The van der Waals surface area contributed by atoms with Gasteiger partial charge in [-0.1, -0.05) is 18.2 Å². The Bertz CT molecular complexity index is 595. The average Bonchev–Trinajstić information content (AvgIpc) is 2.39. The number of nitriles is 1. The molecule has 2 aromatic carbocycles. The van der Waals surface area contributed by atoms with Crippen LogP contribution < -0.4 is 0 Å². The number of carbonyl (C=O) groups is 1. The van der Waals surface area contributed by atoms with Crippen molar-refractivity contribution in [3.8, 4) is 22.9 Å². The first-order chi connectivity index (χ1) is 8.24. The number of benzene rings is 2. The third-order valence-electron chi connectivity index (χ3n) is 2.50. The van der Waals surface area contributed by atoms with E-state index in [1.54, 1.807) is 42.5 Å². The van der Waals surface area contributed by atoms with Crippen molar-refractivity contribution in [2.24, 2.45) is 0 Å². The van der Waals surface area contributed by atoms with Crippen molar-refractivity contribution < 1.29 is 9.90 Å². The molecule has 0 amide bonds. The molecular weight excluding hydrogens is 214 g/mol. The van der Waals surface area contributed by atoms with Crippen LogP contribution in [-0.4, -0.2) is 11.4 Å². The first kappa shape index (κ1) is 10.9. The number of carbonyl (C=O) groups excluding carboxylic acids is 1. The lowest BCUT2D eigenvalue weighted by Gasteiger charge is -2.03. The van der Waals surface area contributed by atoms with E-state index >= 15 is 0 Å². The molecule has 0 heterocycles. The predicted octanol–water partition coefficient (Wildman–Crippen LogP) is 2.74. The van der Waals surface area contributed by atoms with Gasteiger partial charge in [-0.2, -0.15) is 5.26 Å². The number of hydrogen-bond acceptors (Lipinski definition) is 3. The minimum absolute atomic E-state index is 0.193. The van der Waals surface area contributed by atoms with Crippen LogP contribution in [0.2, 0.25) is 0 Å². The van der Waals surface area contributed by atoms with Crippen LogP contribution in [0.25, 0.3) is 11.1 Å². The number of nitrogens with zero attached hydrogens (tertiary/aromatic N) is 1. The maximum Gasteiger partial charge on any atom is 0.151 e. The zero-order valence-electron chi connectivity index (χ0n) is 8.92. The zero-order chi connectivity index (χ0) is 12.3. The van der Waals surface area contributed by atoms with Crippen molar-refractivity contribution >= 4 is 6.29 Å². The molecule has 0 aliphatic rings. The first-order valence-corrected chi connectivity index (χ1v) is 5.03. The molecule has 0 atom stereocenters. The van der Waals surface area contributed by atoms with E-state index < -0.39 is 0 Å². The van der Waals surface area contributed by atoms with Gasteiger partial charge in [0.05, 0.1) is 11.6 Å². The molecule has 17 heavy (non-hydrogen) atoms. The molecule has 2 rings (SSSR count). The Balaban J connectivity index is 2.50. The molecule has 2 aromatic rings. The fourth-order valence-corrected chi connectivity index (χ4v) is 1.60. The number of rotatable bonds is 2. The van der Waals surface area contributed by atoms with E-state index in [1.165, 1.54) is 0 Å². The summed E-state index contributed by atoms with van der Waals surface area (Å²) in [7, 11) is 0. The number of hydrogen-bond donors (Lipinski definition) is 1. The van der Waals surface area contributed by atoms with Crippen molar-refractivity contribution in [2.45, 2.75) is 0 Å².